The monoisotopic (exact) mass is 370 g/mol. The molecule has 4 rings (SSSR count). The molecule has 0 unspecified atom stereocenters. The van der Waals surface area contributed by atoms with E-state index in [2.05, 4.69) is 20.8 Å². The number of hydrogen-bond acceptors (Lipinski definition) is 6. The lowest BCUT2D eigenvalue weighted by molar-refractivity contribution is -0.116. The lowest BCUT2D eigenvalue weighted by Gasteiger charge is -2.08. The molecular weight excluding hydrogens is 352 g/mol. The third-order valence-electron chi connectivity index (χ3n) is 4.33. The minimum Gasteiger partial charge on any atom is -0.326 e. The van der Waals surface area contributed by atoms with Crippen molar-refractivity contribution in [3.05, 3.63) is 45.0 Å². The van der Waals surface area contributed by atoms with Gasteiger partial charge in [0.15, 0.2) is 5.82 Å². The Hall–Kier alpha value is -2.81. The van der Waals surface area contributed by atoms with Crippen LogP contribution < -0.4 is 10.2 Å². The van der Waals surface area contributed by atoms with E-state index < -0.39 is 0 Å². The van der Waals surface area contributed by atoms with Gasteiger partial charge in [0.1, 0.15) is 0 Å². The van der Waals surface area contributed by atoms with Crippen LogP contribution in [0.1, 0.15) is 31.0 Å². The first-order valence-corrected chi connectivity index (χ1v) is 9.33. The van der Waals surface area contributed by atoms with Gasteiger partial charge in [0.25, 0.3) is 0 Å². The summed E-state index contributed by atoms with van der Waals surface area (Å²) in [5.41, 5.74) is 2.43. The summed E-state index contributed by atoms with van der Waals surface area (Å²) in [5, 5.41) is 16.6. The maximum atomic E-state index is 12.2. The lowest BCUT2D eigenvalue weighted by Crippen LogP contribution is -2.20. The molecule has 1 saturated carbocycles. The van der Waals surface area contributed by atoms with Crippen LogP contribution in [-0.4, -0.2) is 30.7 Å². The van der Waals surface area contributed by atoms with Crippen molar-refractivity contribution in [2.75, 3.05) is 5.32 Å². The SMILES string of the molecule is Cc1csc(=O)n1CCC(=O)Nc1cccc(-c2nnnn2C2CC2)c1. The number of tetrazole rings is 1. The number of thiazole rings is 1. The average Bonchev–Trinajstić information content (AvgIpc) is 3.27. The molecule has 1 aliphatic carbocycles. The van der Waals surface area contributed by atoms with E-state index in [1.54, 1.807) is 9.95 Å². The average molecular weight is 370 g/mol. The van der Waals surface area contributed by atoms with Gasteiger partial charge in [0, 0.05) is 35.3 Å². The number of carbonyl (C=O) groups excluding carboxylic acids is 1. The normalized spacial score (nSPS) is 13.7. The van der Waals surface area contributed by atoms with Crippen molar-refractivity contribution in [1.29, 1.82) is 0 Å². The summed E-state index contributed by atoms with van der Waals surface area (Å²) in [5.74, 6) is 0.575. The summed E-state index contributed by atoms with van der Waals surface area (Å²) in [7, 11) is 0. The first-order chi connectivity index (χ1) is 12.6. The Balaban J connectivity index is 1.44. The van der Waals surface area contributed by atoms with Gasteiger partial charge in [0.2, 0.25) is 5.91 Å². The van der Waals surface area contributed by atoms with Crippen LogP contribution in [0.15, 0.2) is 34.4 Å². The minimum atomic E-state index is -0.138. The summed E-state index contributed by atoms with van der Waals surface area (Å²) >= 11 is 1.15. The van der Waals surface area contributed by atoms with E-state index in [1.165, 1.54) is 0 Å². The van der Waals surface area contributed by atoms with Crippen molar-refractivity contribution >= 4 is 22.9 Å². The van der Waals surface area contributed by atoms with Crippen LogP contribution >= 0.6 is 11.3 Å². The Morgan fingerprint density at radius 3 is 2.96 bits per heavy atom. The van der Waals surface area contributed by atoms with Crippen LogP contribution in [0, 0.1) is 6.92 Å². The van der Waals surface area contributed by atoms with Crippen LogP contribution in [0.4, 0.5) is 5.69 Å². The molecule has 2 aromatic heterocycles. The molecule has 0 saturated heterocycles. The van der Waals surface area contributed by atoms with Crippen LogP contribution in [0.2, 0.25) is 0 Å². The number of nitrogens with one attached hydrogen (secondary N) is 1. The molecule has 0 atom stereocenters. The van der Waals surface area contributed by atoms with Gasteiger partial charge >= 0.3 is 4.87 Å². The third kappa shape index (κ3) is 3.43. The number of aryl methyl sites for hydroxylation is 1. The third-order valence-corrected chi connectivity index (χ3v) is 5.21. The number of carbonyl (C=O) groups is 1. The number of nitrogens with zero attached hydrogens (tertiary/aromatic N) is 5. The second-order valence-corrected chi connectivity index (χ2v) is 7.17. The molecular formula is C17H18N6O2S. The first kappa shape index (κ1) is 16.6. The predicted molar refractivity (Wildman–Crippen MR) is 98.1 cm³/mol. The molecule has 134 valence electrons. The molecule has 0 aliphatic heterocycles. The molecule has 0 radical (unpaired) electrons. The summed E-state index contributed by atoms with van der Waals surface area (Å²) in [4.78, 5) is 23.9. The highest BCUT2D eigenvalue weighted by Crippen LogP contribution is 2.36. The van der Waals surface area contributed by atoms with Gasteiger partial charge < -0.3 is 9.88 Å². The second-order valence-electron chi connectivity index (χ2n) is 6.35. The Labute approximate surface area is 153 Å². The topological polar surface area (TPSA) is 94.7 Å². The summed E-state index contributed by atoms with van der Waals surface area (Å²) in [6.07, 6.45) is 2.42. The minimum absolute atomic E-state index is 0.0378. The van der Waals surface area contributed by atoms with Gasteiger partial charge in [-0.15, -0.1) is 5.10 Å². The van der Waals surface area contributed by atoms with Gasteiger partial charge in [-0.05, 0) is 42.3 Å². The maximum absolute atomic E-state index is 12.2. The molecule has 1 aromatic carbocycles. The van der Waals surface area contributed by atoms with Crippen LogP contribution in [0.3, 0.4) is 0 Å². The van der Waals surface area contributed by atoms with Crippen molar-refractivity contribution in [1.82, 2.24) is 24.8 Å². The first-order valence-electron chi connectivity index (χ1n) is 8.45. The zero-order valence-electron chi connectivity index (χ0n) is 14.3. The lowest BCUT2D eigenvalue weighted by atomic mass is 10.2. The van der Waals surface area contributed by atoms with Gasteiger partial charge in [0.05, 0.1) is 6.04 Å². The largest absolute Gasteiger partial charge is 0.326 e. The molecule has 1 fully saturated rings. The maximum Gasteiger partial charge on any atom is 0.307 e. The van der Waals surface area contributed by atoms with E-state index in [0.717, 1.165) is 35.4 Å². The zero-order chi connectivity index (χ0) is 18.1. The second kappa shape index (κ2) is 6.83. The fourth-order valence-corrected chi connectivity index (χ4v) is 3.56. The number of rotatable bonds is 6. The van der Waals surface area contributed by atoms with E-state index in [0.29, 0.717) is 24.1 Å². The molecule has 0 bridgehead atoms. The standard InChI is InChI=1S/C17H18N6O2S/c1-11-10-26-17(25)22(11)8-7-15(24)18-13-4-2-3-12(9-13)16-19-20-21-23(16)14-5-6-14/h2-4,9-10,14H,5-8H2,1H3,(H,18,24). The molecule has 0 spiro atoms. The number of aromatic nitrogens is 5. The quantitative estimate of drug-likeness (QED) is 0.718. The molecule has 8 nitrogen and oxygen atoms in total. The molecule has 2 heterocycles. The molecule has 26 heavy (non-hydrogen) atoms. The molecule has 3 aromatic rings. The smallest absolute Gasteiger partial charge is 0.307 e. The van der Waals surface area contributed by atoms with Crippen LogP contribution in [0.5, 0.6) is 0 Å². The van der Waals surface area contributed by atoms with Gasteiger partial charge in [-0.2, -0.15) is 0 Å². The predicted octanol–water partition coefficient (Wildman–Crippen LogP) is 2.24. The summed E-state index contributed by atoms with van der Waals surface area (Å²) < 4.78 is 3.46. The van der Waals surface area contributed by atoms with Crippen molar-refractivity contribution < 1.29 is 4.79 Å². The number of hydrogen-bond donors (Lipinski definition) is 1. The Bertz CT molecular complexity index is 1000. The van der Waals surface area contributed by atoms with E-state index in [-0.39, 0.29) is 17.2 Å². The molecule has 1 aliphatic rings. The number of benzene rings is 1. The molecule has 9 heteroatoms. The van der Waals surface area contributed by atoms with Crippen molar-refractivity contribution in [3.63, 3.8) is 0 Å². The van der Waals surface area contributed by atoms with Crippen molar-refractivity contribution in [2.24, 2.45) is 0 Å². The van der Waals surface area contributed by atoms with Gasteiger partial charge in [-0.3, -0.25) is 9.59 Å². The highest BCUT2D eigenvalue weighted by atomic mass is 32.1. The van der Waals surface area contributed by atoms with E-state index in [9.17, 15) is 9.59 Å². The molecule has 1 amide bonds. The molecule has 1 N–H and O–H groups in total. The van der Waals surface area contributed by atoms with Crippen molar-refractivity contribution in [3.8, 4) is 11.4 Å². The highest BCUT2D eigenvalue weighted by molar-refractivity contribution is 7.07. The number of anilines is 1. The Morgan fingerprint density at radius 2 is 2.23 bits per heavy atom. The van der Waals surface area contributed by atoms with Crippen LogP contribution in [0.25, 0.3) is 11.4 Å². The van der Waals surface area contributed by atoms with E-state index >= 15 is 0 Å². The Kier molecular flexibility index (Phi) is 4.37. The Morgan fingerprint density at radius 1 is 1.38 bits per heavy atom. The zero-order valence-corrected chi connectivity index (χ0v) is 15.1. The summed E-state index contributed by atoms with van der Waals surface area (Å²) in [6.45, 7) is 2.24. The van der Waals surface area contributed by atoms with Gasteiger partial charge in [-0.25, -0.2) is 4.68 Å². The van der Waals surface area contributed by atoms with Crippen molar-refractivity contribution in [2.45, 2.75) is 38.8 Å². The van der Waals surface area contributed by atoms with E-state index in [4.69, 9.17) is 0 Å². The van der Waals surface area contributed by atoms with Gasteiger partial charge in [-0.1, -0.05) is 23.5 Å². The van der Waals surface area contributed by atoms with Crippen LogP contribution in [-0.2, 0) is 11.3 Å². The number of amides is 1. The fourth-order valence-electron chi connectivity index (χ4n) is 2.80. The highest BCUT2D eigenvalue weighted by Gasteiger charge is 2.28. The fraction of sp³-hybridized carbons (Fsp3) is 0.353. The summed E-state index contributed by atoms with van der Waals surface area (Å²) in [6, 6.07) is 7.86. The van der Waals surface area contributed by atoms with E-state index in [1.807, 2.05) is 35.9 Å².